The number of hydrogen-bond acceptors (Lipinski definition) is 4. The number of allylic oxidation sites excluding steroid dienone is 4. The summed E-state index contributed by atoms with van der Waals surface area (Å²) in [5.41, 5.74) is 0.564. The first kappa shape index (κ1) is 30.9. The van der Waals surface area contributed by atoms with E-state index in [1.807, 2.05) is 24.3 Å². The van der Waals surface area contributed by atoms with Gasteiger partial charge in [0.05, 0.1) is 12.2 Å². The Morgan fingerprint density at radius 1 is 0.743 bits per heavy atom. The first-order valence-corrected chi connectivity index (χ1v) is 14.0. The van der Waals surface area contributed by atoms with E-state index in [1.165, 1.54) is 11.1 Å². The van der Waals surface area contributed by atoms with Crippen LogP contribution in [0.3, 0.4) is 0 Å². The van der Waals surface area contributed by atoms with Gasteiger partial charge in [-0.25, -0.2) is 0 Å². The van der Waals surface area contributed by atoms with Crippen molar-refractivity contribution < 1.29 is 37.4 Å². The summed E-state index contributed by atoms with van der Waals surface area (Å²) in [7, 11) is -4.59. The van der Waals surface area contributed by atoms with E-state index in [4.69, 9.17) is 9.05 Å². The van der Waals surface area contributed by atoms with E-state index in [2.05, 4.69) is 95.2 Å². The monoisotopic (exact) mass is 496 g/mol. The molecule has 35 heavy (non-hydrogen) atoms. The Bertz CT molecular complexity index is 918. The summed E-state index contributed by atoms with van der Waals surface area (Å²) in [5, 5.41) is 0. The summed E-state index contributed by atoms with van der Waals surface area (Å²) in [4.78, 5) is 13.3. The topological polar surface area (TPSA) is 58.6 Å². The van der Waals surface area contributed by atoms with Crippen LogP contribution in [-0.2, 0) is 13.6 Å². The van der Waals surface area contributed by atoms with Crippen molar-refractivity contribution >= 4 is 7.82 Å². The number of rotatable bonds is 0. The summed E-state index contributed by atoms with van der Waals surface area (Å²) < 4.78 is 25.0. The molecule has 1 heterocycles. The quantitative estimate of drug-likeness (QED) is 0.358. The van der Waals surface area contributed by atoms with Crippen LogP contribution in [0, 0.1) is 32.5 Å². The molecular formula is C29H46LiO4P. The van der Waals surface area contributed by atoms with Gasteiger partial charge in [0.1, 0.15) is 0 Å². The van der Waals surface area contributed by atoms with Crippen LogP contribution in [0.25, 0.3) is 0 Å². The van der Waals surface area contributed by atoms with Crippen molar-refractivity contribution in [1.29, 1.82) is 0 Å². The third-order valence-corrected chi connectivity index (χ3v) is 9.31. The van der Waals surface area contributed by atoms with Crippen LogP contribution >= 0.6 is 7.82 Å². The van der Waals surface area contributed by atoms with Gasteiger partial charge in [-0.2, -0.15) is 0 Å². The van der Waals surface area contributed by atoms with Crippen molar-refractivity contribution in [3.05, 3.63) is 47.6 Å². The van der Waals surface area contributed by atoms with E-state index >= 15 is 0 Å². The molecule has 192 valence electrons. The van der Waals surface area contributed by atoms with Gasteiger partial charge in [-0.05, 0) is 39.2 Å². The summed E-state index contributed by atoms with van der Waals surface area (Å²) in [6, 6.07) is 0. The Morgan fingerprint density at radius 2 is 1.06 bits per heavy atom. The summed E-state index contributed by atoms with van der Waals surface area (Å²) >= 11 is 0. The van der Waals surface area contributed by atoms with Gasteiger partial charge in [0, 0.05) is 10.8 Å². The van der Waals surface area contributed by atoms with Gasteiger partial charge in [0.15, 0.2) is 0 Å². The Kier molecular flexibility index (Phi) is 8.07. The van der Waals surface area contributed by atoms with Crippen molar-refractivity contribution in [2.45, 2.75) is 102 Å². The molecule has 1 aliphatic heterocycles. The van der Waals surface area contributed by atoms with Crippen molar-refractivity contribution in [1.82, 2.24) is 0 Å². The average Bonchev–Trinajstić information content (AvgIpc) is 2.59. The average molecular weight is 497 g/mol. The molecule has 4 unspecified atom stereocenters. The van der Waals surface area contributed by atoms with Crippen LogP contribution in [-0.4, -0.2) is 12.2 Å². The summed E-state index contributed by atoms with van der Waals surface area (Å²) in [6.07, 6.45) is 12.1. The van der Waals surface area contributed by atoms with Gasteiger partial charge in [-0.15, -0.1) is 0 Å². The minimum atomic E-state index is -4.59. The molecule has 0 amide bonds. The van der Waals surface area contributed by atoms with Gasteiger partial charge in [-0.3, -0.25) is 4.57 Å². The molecule has 0 bridgehead atoms. The molecule has 6 heteroatoms. The van der Waals surface area contributed by atoms with Crippen molar-refractivity contribution in [2.75, 3.05) is 0 Å². The zero-order valence-corrected chi connectivity index (χ0v) is 25.3. The molecule has 3 aliphatic rings. The Morgan fingerprint density at radius 3 is 1.31 bits per heavy atom. The van der Waals surface area contributed by atoms with E-state index < -0.39 is 30.9 Å². The van der Waals surface area contributed by atoms with Crippen molar-refractivity contribution in [3.63, 3.8) is 0 Å². The predicted molar refractivity (Wildman–Crippen MR) is 139 cm³/mol. The minimum absolute atomic E-state index is 0. The molecular weight excluding hydrogens is 450 g/mol. The normalized spacial score (nSPS) is 36.1. The third kappa shape index (κ3) is 5.60. The molecule has 4 atom stereocenters. The number of hydrogen-bond donors (Lipinski definition) is 0. The van der Waals surface area contributed by atoms with E-state index in [9.17, 15) is 9.46 Å². The molecule has 0 aromatic heterocycles. The molecule has 3 rings (SSSR count). The molecule has 1 saturated heterocycles. The zero-order chi connectivity index (χ0) is 26.2. The SMILES string of the molecule is CC(C)(C)C1=CC2(C(C)(C)C)CC3(C(C)(C)C)C=C(C(C)(C)C)C=CC3OP(=O)([O-])OC2C=C1.[Li+]. The number of fused-ring (bicyclic) bond motifs is 2. The van der Waals surface area contributed by atoms with E-state index in [-0.39, 0.29) is 40.5 Å². The molecule has 0 aromatic rings. The predicted octanol–water partition coefficient (Wildman–Crippen LogP) is 4.78. The second-order valence-corrected chi connectivity index (χ2v) is 16.0. The van der Waals surface area contributed by atoms with Gasteiger partial charge >= 0.3 is 18.9 Å². The van der Waals surface area contributed by atoms with Crippen LogP contribution in [0.5, 0.6) is 0 Å². The fourth-order valence-electron chi connectivity index (χ4n) is 5.64. The smallest absolute Gasteiger partial charge is 0.756 e. The van der Waals surface area contributed by atoms with Crippen LogP contribution in [0.2, 0.25) is 0 Å². The van der Waals surface area contributed by atoms with Crippen LogP contribution < -0.4 is 23.8 Å². The Balaban J connectivity index is 0.00000432. The van der Waals surface area contributed by atoms with Gasteiger partial charge < -0.3 is 13.9 Å². The van der Waals surface area contributed by atoms with E-state index in [0.29, 0.717) is 6.42 Å². The van der Waals surface area contributed by atoms with E-state index in [0.717, 1.165) is 0 Å². The zero-order valence-electron chi connectivity index (χ0n) is 24.4. The maximum absolute atomic E-state index is 13.3. The first-order chi connectivity index (χ1) is 15.0. The first-order valence-electron chi connectivity index (χ1n) is 12.6. The molecule has 0 spiro atoms. The largest absolute Gasteiger partial charge is 1.00 e. The van der Waals surface area contributed by atoms with Crippen LogP contribution in [0.15, 0.2) is 47.6 Å². The summed E-state index contributed by atoms with van der Waals surface area (Å²) in [6.45, 7) is 26.4. The van der Waals surface area contributed by atoms with E-state index in [1.54, 1.807) is 0 Å². The Hall–Kier alpha value is -0.333. The fraction of sp³-hybridized carbons (Fsp3) is 0.724. The maximum Gasteiger partial charge on any atom is 1.00 e. The van der Waals surface area contributed by atoms with Gasteiger partial charge in [0.25, 0.3) is 7.82 Å². The minimum Gasteiger partial charge on any atom is -0.756 e. The summed E-state index contributed by atoms with van der Waals surface area (Å²) in [5.74, 6) is 0. The van der Waals surface area contributed by atoms with Crippen LogP contribution in [0.1, 0.15) is 89.5 Å². The molecule has 1 fully saturated rings. The molecule has 0 saturated carbocycles. The third-order valence-electron chi connectivity index (χ3n) is 8.34. The van der Waals surface area contributed by atoms with Gasteiger partial charge in [0.2, 0.25) is 0 Å². The molecule has 0 aromatic carbocycles. The maximum atomic E-state index is 13.3. The second-order valence-electron chi connectivity index (χ2n) is 14.7. The van der Waals surface area contributed by atoms with Gasteiger partial charge in [-0.1, -0.05) is 120 Å². The Labute approximate surface area is 226 Å². The number of phosphoric ester groups is 1. The molecule has 0 N–H and O–H groups in total. The standard InChI is InChI=1S/C29H47O4P.Li/c1-24(2,3)20-13-15-22-28(17-20,26(7,8)9)19-29(27(10,11)12)18-21(25(4,5)6)14-16-23(29)33-34(30,31)32-22;/h13-18,22-23H,19H2,1-12H3,(H,30,31);/q;+1/p-1. The molecule has 0 radical (unpaired) electrons. The van der Waals surface area contributed by atoms with Crippen molar-refractivity contribution in [2.24, 2.45) is 32.5 Å². The molecule has 2 aliphatic carbocycles. The fourth-order valence-corrected chi connectivity index (χ4v) is 6.76. The second kappa shape index (κ2) is 9.15. The van der Waals surface area contributed by atoms with Crippen LogP contribution in [0.4, 0.5) is 0 Å². The molecule has 4 nitrogen and oxygen atoms in total. The van der Waals surface area contributed by atoms with Crippen molar-refractivity contribution in [3.8, 4) is 0 Å². The number of phosphoric acid groups is 1.